The van der Waals surface area contributed by atoms with Crippen molar-refractivity contribution in [2.24, 2.45) is 0 Å². The van der Waals surface area contributed by atoms with Gasteiger partial charge in [-0.2, -0.15) is 0 Å². The Morgan fingerprint density at radius 1 is 0.971 bits per heavy atom. The molecule has 0 saturated heterocycles. The predicted octanol–water partition coefficient (Wildman–Crippen LogP) is 5.45. The molecule has 4 aromatic rings. The minimum atomic E-state index is -0.232. The molecule has 0 aliphatic carbocycles. The van der Waals surface area contributed by atoms with Gasteiger partial charge in [0.15, 0.2) is 0 Å². The maximum absolute atomic E-state index is 13.5. The summed E-state index contributed by atoms with van der Waals surface area (Å²) in [6.45, 7) is 2.20. The van der Waals surface area contributed by atoms with Crippen LogP contribution in [0.3, 0.4) is 0 Å². The molecule has 0 radical (unpaired) electrons. The van der Waals surface area contributed by atoms with Crippen LogP contribution in [0.2, 0.25) is 0 Å². The van der Waals surface area contributed by atoms with Crippen molar-refractivity contribution in [3.05, 3.63) is 96.1 Å². The fraction of sp³-hybridized carbons (Fsp3) is 0.185. The molecular weight excluding hydrogens is 460 g/mol. The molecule has 0 spiro atoms. The molecule has 7 nitrogen and oxygen atoms in total. The predicted molar refractivity (Wildman–Crippen MR) is 137 cm³/mol. The molecule has 1 atom stereocenters. The lowest BCUT2D eigenvalue weighted by Gasteiger charge is -2.30. The van der Waals surface area contributed by atoms with Gasteiger partial charge in [0.05, 0.1) is 13.2 Å². The van der Waals surface area contributed by atoms with Crippen molar-refractivity contribution in [1.29, 1.82) is 0 Å². The van der Waals surface area contributed by atoms with Crippen LogP contribution < -0.4 is 10.1 Å². The van der Waals surface area contributed by atoms with E-state index in [9.17, 15) is 9.59 Å². The first-order chi connectivity index (χ1) is 17.0. The lowest BCUT2D eigenvalue weighted by molar-refractivity contribution is -0.116. The van der Waals surface area contributed by atoms with E-state index in [1.54, 1.807) is 36.3 Å². The Balaban J connectivity index is 1.47. The number of benzene rings is 3. The van der Waals surface area contributed by atoms with E-state index >= 15 is 0 Å². The highest BCUT2D eigenvalue weighted by atomic mass is 32.1. The first-order valence-corrected chi connectivity index (χ1v) is 12.1. The van der Waals surface area contributed by atoms with Gasteiger partial charge in [-0.15, -0.1) is 10.2 Å². The van der Waals surface area contributed by atoms with E-state index in [1.807, 2.05) is 67.6 Å². The van der Waals surface area contributed by atoms with Crippen molar-refractivity contribution in [1.82, 2.24) is 15.1 Å². The number of nitrogens with one attached hydrogen (secondary N) is 1. The second kappa shape index (κ2) is 11.4. The highest BCUT2D eigenvalue weighted by Crippen LogP contribution is 2.27. The second-order valence-electron chi connectivity index (χ2n) is 7.89. The lowest BCUT2D eigenvalue weighted by atomic mass is 10.0. The standard InChI is InChI=1S/C27H26N4O3S/c1-19(20-10-5-3-6-11-20)31(26(33)22-14-9-15-23(18-22)34-2)17-16-24(32)28-27-30-29-25(35-27)21-12-7-4-8-13-21/h3-15,18-19H,16-17H2,1-2H3,(H,28,30,32). The van der Waals surface area contributed by atoms with Crippen LogP contribution in [-0.2, 0) is 4.79 Å². The topological polar surface area (TPSA) is 84.4 Å². The van der Waals surface area contributed by atoms with E-state index in [0.29, 0.717) is 16.4 Å². The van der Waals surface area contributed by atoms with Gasteiger partial charge in [0.1, 0.15) is 10.8 Å². The van der Waals surface area contributed by atoms with Gasteiger partial charge in [-0.25, -0.2) is 0 Å². The molecular formula is C27H26N4O3S. The fourth-order valence-corrected chi connectivity index (χ4v) is 4.44. The monoisotopic (exact) mass is 486 g/mol. The zero-order chi connectivity index (χ0) is 24.6. The van der Waals surface area contributed by atoms with E-state index in [4.69, 9.17) is 4.74 Å². The van der Waals surface area contributed by atoms with Crippen molar-refractivity contribution in [2.45, 2.75) is 19.4 Å². The maximum Gasteiger partial charge on any atom is 0.254 e. The molecule has 1 unspecified atom stereocenters. The molecule has 0 bridgehead atoms. The average Bonchev–Trinajstić information content (AvgIpc) is 3.38. The molecule has 0 aliphatic heterocycles. The normalized spacial score (nSPS) is 11.5. The number of aromatic nitrogens is 2. The summed E-state index contributed by atoms with van der Waals surface area (Å²) in [7, 11) is 1.56. The third-order valence-electron chi connectivity index (χ3n) is 5.60. The summed E-state index contributed by atoms with van der Waals surface area (Å²) in [6, 6.07) is 26.2. The van der Waals surface area contributed by atoms with Crippen molar-refractivity contribution in [2.75, 3.05) is 19.0 Å². The molecule has 4 rings (SSSR count). The average molecular weight is 487 g/mol. The van der Waals surface area contributed by atoms with E-state index in [-0.39, 0.29) is 30.8 Å². The number of ether oxygens (including phenoxy) is 1. The van der Waals surface area contributed by atoms with Gasteiger partial charge in [0, 0.05) is 24.1 Å². The summed E-state index contributed by atoms with van der Waals surface area (Å²) in [5.74, 6) is 0.200. The van der Waals surface area contributed by atoms with Crippen molar-refractivity contribution >= 4 is 28.3 Å². The Morgan fingerprint density at radius 3 is 2.40 bits per heavy atom. The van der Waals surface area contributed by atoms with Gasteiger partial charge in [-0.05, 0) is 30.7 Å². The van der Waals surface area contributed by atoms with E-state index in [1.165, 1.54) is 11.3 Å². The van der Waals surface area contributed by atoms with Crippen LogP contribution in [0.25, 0.3) is 10.6 Å². The molecule has 1 heterocycles. The smallest absolute Gasteiger partial charge is 0.254 e. The number of amides is 2. The van der Waals surface area contributed by atoms with Crippen LogP contribution in [0.1, 0.15) is 35.3 Å². The summed E-state index contributed by atoms with van der Waals surface area (Å²) < 4.78 is 5.28. The zero-order valence-corrected chi connectivity index (χ0v) is 20.4. The summed E-state index contributed by atoms with van der Waals surface area (Å²) in [6.07, 6.45) is 0.118. The summed E-state index contributed by atoms with van der Waals surface area (Å²) in [4.78, 5) is 27.9. The minimum absolute atomic E-state index is 0.118. The van der Waals surface area contributed by atoms with Crippen molar-refractivity contribution < 1.29 is 14.3 Å². The van der Waals surface area contributed by atoms with Crippen LogP contribution in [-0.4, -0.2) is 40.6 Å². The number of carbonyl (C=O) groups is 2. The highest BCUT2D eigenvalue weighted by molar-refractivity contribution is 7.18. The van der Waals surface area contributed by atoms with E-state index in [2.05, 4.69) is 15.5 Å². The third kappa shape index (κ3) is 6.10. The molecule has 8 heteroatoms. The first kappa shape index (κ1) is 24.1. The van der Waals surface area contributed by atoms with Gasteiger partial charge in [0.2, 0.25) is 11.0 Å². The second-order valence-corrected chi connectivity index (χ2v) is 8.87. The van der Waals surface area contributed by atoms with E-state index in [0.717, 1.165) is 16.1 Å². The molecule has 3 aromatic carbocycles. The molecule has 35 heavy (non-hydrogen) atoms. The van der Waals surface area contributed by atoms with Gasteiger partial charge in [-0.1, -0.05) is 78.1 Å². The number of hydrogen-bond acceptors (Lipinski definition) is 6. The number of nitrogens with zero attached hydrogens (tertiary/aromatic N) is 3. The zero-order valence-electron chi connectivity index (χ0n) is 19.5. The maximum atomic E-state index is 13.5. The number of carbonyl (C=O) groups excluding carboxylic acids is 2. The first-order valence-electron chi connectivity index (χ1n) is 11.2. The van der Waals surface area contributed by atoms with Crippen molar-refractivity contribution in [3.63, 3.8) is 0 Å². The largest absolute Gasteiger partial charge is 0.497 e. The number of methoxy groups -OCH3 is 1. The highest BCUT2D eigenvalue weighted by Gasteiger charge is 2.24. The van der Waals surface area contributed by atoms with E-state index < -0.39 is 0 Å². The Morgan fingerprint density at radius 2 is 1.69 bits per heavy atom. The Kier molecular flexibility index (Phi) is 7.84. The van der Waals surface area contributed by atoms with Gasteiger partial charge < -0.3 is 15.0 Å². The fourth-order valence-electron chi connectivity index (χ4n) is 3.68. The molecule has 0 aliphatic rings. The quantitative estimate of drug-likeness (QED) is 0.340. The van der Waals surface area contributed by atoms with Crippen molar-refractivity contribution in [3.8, 4) is 16.3 Å². The minimum Gasteiger partial charge on any atom is -0.497 e. The van der Waals surface area contributed by atoms with Gasteiger partial charge in [-0.3, -0.25) is 9.59 Å². The van der Waals surface area contributed by atoms with Crippen LogP contribution in [0.4, 0.5) is 5.13 Å². The summed E-state index contributed by atoms with van der Waals surface area (Å²) in [5, 5.41) is 12.2. The Bertz CT molecular complexity index is 1280. The molecule has 178 valence electrons. The van der Waals surface area contributed by atoms with Crippen LogP contribution in [0.15, 0.2) is 84.9 Å². The summed E-state index contributed by atoms with van der Waals surface area (Å²) >= 11 is 1.31. The molecule has 1 aromatic heterocycles. The SMILES string of the molecule is COc1cccc(C(=O)N(CCC(=O)Nc2nnc(-c3ccccc3)s2)C(C)c2ccccc2)c1. The summed E-state index contributed by atoms with van der Waals surface area (Å²) in [5.41, 5.74) is 2.43. The number of anilines is 1. The molecule has 0 saturated carbocycles. The van der Waals surface area contributed by atoms with Crippen LogP contribution in [0, 0.1) is 0 Å². The molecule has 2 amide bonds. The number of rotatable bonds is 9. The molecule has 0 fully saturated rings. The van der Waals surface area contributed by atoms with Crippen LogP contribution in [0.5, 0.6) is 5.75 Å². The lowest BCUT2D eigenvalue weighted by Crippen LogP contribution is -2.36. The van der Waals surface area contributed by atoms with Crippen LogP contribution >= 0.6 is 11.3 Å². The van der Waals surface area contributed by atoms with Gasteiger partial charge in [0.25, 0.3) is 5.91 Å². The number of hydrogen-bond donors (Lipinski definition) is 1. The van der Waals surface area contributed by atoms with Gasteiger partial charge >= 0.3 is 0 Å². The Labute approximate surface area is 208 Å². The molecule has 1 N–H and O–H groups in total. The Hall–Kier alpha value is -4.04. The third-order valence-corrected chi connectivity index (χ3v) is 6.49.